The zero-order valence-corrected chi connectivity index (χ0v) is 32.2. The Hall–Kier alpha value is -2.02. The van der Waals surface area contributed by atoms with E-state index in [2.05, 4.69) is 63.4 Å². The summed E-state index contributed by atoms with van der Waals surface area (Å²) < 4.78 is 11.6. The van der Waals surface area contributed by atoms with E-state index in [1.807, 2.05) is 0 Å². The van der Waals surface area contributed by atoms with Crippen molar-refractivity contribution in [2.45, 2.75) is 188 Å². The fraction of sp³-hybridized carbons (Fsp3) is 0.837. The minimum atomic E-state index is -0.146. The molecule has 0 amide bonds. The topological polar surface area (TPSA) is 55.8 Å². The first-order valence-electron chi connectivity index (χ1n) is 20.2. The van der Waals surface area contributed by atoms with E-state index in [-0.39, 0.29) is 23.8 Å². The van der Waals surface area contributed by atoms with Crippen LogP contribution in [0.25, 0.3) is 0 Å². The van der Waals surface area contributed by atoms with Crippen LogP contribution in [0.5, 0.6) is 0 Å². The Labute approximate surface area is 297 Å². The highest BCUT2D eigenvalue weighted by Gasteiger charge is 2.28. The summed E-state index contributed by atoms with van der Waals surface area (Å²) >= 11 is 0. The third kappa shape index (κ3) is 22.6. The second kappa shape index (κ2) is 29.9. The van der Waals surface area contributed by atoms with Crippen LogP contribution in [0.2, 0.25) is 0 Å². The number of rotatable bonds is 11. The second-order valence-electron chi connectivity index (χ2n) is 14.8. The lowest BCUT2D eigenvalue weighted by Gasteiger charge is -2.27. The lowest BCUT2D eigenvalue weighted by atomic mass is 9.79. The Kier molecular flexibility index (Phi) is 27.4. The Morgan fingerprint density at radius 2 is 1.15 bits per heavy atom. The van der Waals surface area contributed by atoms with Gasteiger partial charge in [-0.3, -0.25) is 9.59 Å². The lowest BCUT2D eigenvalue weighted by Crippen LogP contribution is -2.31. The van der Waals surface area contributed by atoms with E-state index in [9.17, 15) is 9.59 Å². The molecule has 1 saturated heterocycles. The van der Waals surface area contributed by atoms with Gasteiger partial charge in [0, 0.05) is 12.6 Å². The number of cyclic esters (lactones) is 2. The van der Waals surface area contributed by atoms with Crippen molar-refractivity contribution in [3.8, 4) is 0 Å². The average Bonchev–Trinajstić information content (AvgIpc) is 3.06. The molecule has 0 spiro atoms. The first-order valence-corrected chi connectivity index (χ1v) is 20.2. The number of carbonyl (C=O) groups is 2. The molecule has 0 N–H and O–H groups in total. The van der Waals surface area contributed by atoms with Gasteiger partial charge in [0.25, 0.3) is 0 Å². The minimum Gasteiger partial charge on any atom is -0.466 e. The molecule has 1 rings (SSSR count). The molecule has 276 valence electrons. The van der Waals surface area contributed by atoms with Crippen LogP contribution in [0.1, 0.15) is 182 Å². The molecule has 1 aliphatic rings. The lowest BCUT2D eigenvalue weighted by molar-refractivity contribution is -0.145. The zero-order valence-electron chi connectivity index (χ0n) is 32.2. The van der Waals surface area contributed by atoms with E-state index < -0.39 is 0 Å². The standard InChI is InChI=1S/C43H75NO4/c1-7-10-21-29-39-34-42(45)47-32-25-19-15-13-17-23-27-38(36-44(6)37(4)5)28-24-18-14-16-20-26-33-48-43(46)35-40(30-22-11-8-2)41(39)31-12-9-3/h37-40H,3,7-8,10-11,13-30,32-36H2,1-2,4-6H3. The van der Waals surface area contributed by atoms with Crippen molar-refractivity contribution in [3.05, 3.63) is 29.3 Å². The number of nitrogens with zero attached hydrogens (tertiary/aromatic N) is 1. The van der Waals surface area contributed by atoms with Gasteiger partial charge in [-0.25, -0.2) is 0 Å². The van der Waals surface area contributed by atoms with E-state index >= 15 is 0 Å². The monoisotopic (exact) mass is 670 g/mol. The van der Waals surface area contributed by atoms with E-state index in [0.29, 0.717) is 32.1 Å². The summed E-state index contributed by atoms with van der Waals surface area (Å²) in [6, 6.07) is 0.591. The Balaban J connectivity index is 3.01. The van der Waals surface area contributed by atoms with Gasteiger partial charge in [-0.05, 0) is 95.1 Å². The number of carbonyl (C=O) groups excluding carboxylic acids is 2. The summed E-state index contributed by atoms with van der Waals surface area (Å²) in [4.78, 5) is 28.9. The van der Waals surface area contributed by atoms with Gasteiger partial charge < -0.3 is 14.4 Å². The van der Waals surface area contributed by atoms with Crippen LogP contribution in [-0.4, -0.2) is 49.7 Å². The highest BCUT2D eigenvalue weighted by molar-refractivity contribution is 5.71. The molecule has 0 saturated carbocycles. The van der Waals surface area contributed by atoms with Gasteiger partial charge in [0.1, 0.15) is 0 Å². The minimum absolute atomic E-state index is 0.0352. The molecule has 1 aliphatic heterocycles. The quantitative estimate of drug-likeness (QED) is 0.124. The van der Waals surface area contributed by atoms with Crippen LogP contribution < -0.4 is 0 Å². The molecule has 5 nitrogen and oxygen atoms in total. The van der Waals surface area contributed by atoms with Crippen LogP contribution in [0.15, 0.2) is 29.3 Å². The molecule has 0 radical (unpaired) electrons. The molecule has 1 heterocycles. The second-order valence-corrected chi connectivity index (χ2v) is 14.8. The highest BCUT2D eigenvalue weighted by atomic mass is 16.5. The predicted octanol–water partition coefficient (Wildman–Crippen LogP) is 11.7. The molecular formula is C43H75NO4. The van der Waals surface area contributed by atoms with Crippen LogP contribution in [0, 0.1) is 17.8 Å². The third-order valence-corrected chi connectivity index (χ3v) is 10.3. The number of unbranched alkanes of at least 4 members (excludes halogenated alkanes) is 4. The number of esters is 2. The molecular weight excluding hydrogens is 594 g/mol. The van der Waals surface area contributed by atoms with Gasteiger partial charge in [-0.1, -0.05) is 128 Å². The van der Waals surface area contributed by atoms with Gasteiger partial charge in [0.15, 0.2) is 0 Å². The zero-order chi connectivity index (χ0) is 35.2. The van der Waals surface area contributed by atoms with Crippen molar-refractivity contribution >= 4 is 11.9 Å². The molecule has 2 unspecified atom stereocenters. The van der Waals surface area contributed by atoms with E-state index in [1.54, 1.807) is 0 Å². The molecule has 48 heavy (non-hydrogen) atoms. The van der Waals surface area contributed by atoms with E-state index in [1.165, 1.54) is 70.8 Å². The summed E-state index contributed by atoms with van der Waals surface area (Å²) in [5.41, 5.74) is 10.0. The number of hydrogen-bond donors (Lipinski definition) is 0. The molecule has 0 aliphatic carbocycles. The predicted molar refractivity (Wildman–Crippen MR) is 202 cm³/mol. The van der Waals surface area contributed by atoms with Crippen molar-refractivity contribution < 1.29 is 19.1 Å². The van der Waals surface area contributed by atoms with Gasteiger partial charge in [0.2, 0.25) is 0 Å². The number of hydrogen-bond acceptors (Lipinski definition) is 5. The van der Waals surface area contributed by atoms with Crippen LogP contribution in [0.3, 0.4) is 0 Å². The van der Waals surface area contributed by atoms with Crippen molar-refractivity contribution in [2.75, 3.05) is 26.8 Å². The molecule has 0 aromatic heterocycles. The summed E-state index contributed by atoms with van der Waals surface area (Å²) in [5, 5.41) is 0. The summed E-state index contributed by atoms with van der Waals surface area (Å²) in [6.45, 7) is 14.9. The maximum absolute atomic E-state index is 13.2. The smallest absolute Gasteiger partial charge is 0.306 e. The van der Waals surface area contributed by atoms with Gasteiger partial charge in [-0.15, -0.1) is 0 Å². The molecule has 2 atom stereocenters. The molecule has 5 heteroatoms. The summed E-state index contributed by atoms with van der Waals surface area (Å²) in [6.07, 6.45) is 25.7. The van der Waals surface area contributed by atoms with Crippen LogP contribution in [-0.2, 0) is 19.1 Å². The number of ether oxygens (including phenoxy) is 2. The van der Waals surface area contributed by atoms with Crippen molar-refractivity contribution in [2.24, 2.45) is 17.8 Å². The van der Waals surface area contributed by atoms with Crippen molar-refractivity contribution in [1.82, 2.24) is 4.90 Å². The van der Waals surface area contributed by atoms with Crippen molar-refractivity contribution in [1.29, 1.82) is 0 Å². The van der Waals surface area contributed by atoms with E-state index in [4.69, 9.17) is 9.47 Å². The third-order valence-electron chi connectivity index (χ3n) is 10.3. The van der Waals surface area contributed by atoms with E-state index in [0.717, 1.165) is 88.5 Å². The fourth-order valence-corrected chi connectivity index (χ4v) is 6.99. The van der Waals surface area contributed by atoms with Gasteiger partial charge in [0.05, 0.1) is 26.1 Å². The first kappa shape index (κ1) is 44.0. The summed E-state index contributed by atoms with van der Waals surface area (Å²) in [7, 11) is 2.27. The molecule has 1 fully saturated rings. The van der Waals surface area contributed by atoms with Gasteiger partial charge in [-0.2, -0.15) is 0 Å². The maximum atomic E-state index is 13.2. The van der Waals surface area contributed by atoms with Crippen LogP contribution >= 0.6 is 0 Å². The fourth-order valence-electron chi connectivity index (χ4n) is 6.99. The summed E-state index contributed by atoms with van der Waals surface area (Å²) in [5.74, 6) is 0.420. The van der Waals surface area contributed by atoms with Gasteiger partial charge >= 0.3 is 11.9 Å². The van der Waals surface area contributed by atoms with Crippen LogP contribution in [0.4, 0.5) is 0 Å². The average molecular weight is 670 g/mol. The molecule has 0 bridgehead atoms. The first-order chi connectivity index (χ1) is 23.3. The number of allylic oxidation sites excluding steroid dienone is 1. The highest BCUT2D eigenvalue weighted by Crippen LogP contribution is 2.33. The normalized spacial score (nSPS) is 22.7. The Morgan fingerprint density at radius 3 is 1.56 bits per heavy atom. The largest absolute Gasteiger partial charge is 0.466 e. The van der Waals surface area contributed by atoms with Crippen molar-refractivity contribution in [3.63, 3.8) is 0 Å². The Bertz CT molecular complexity index is 902. The SMILES string of the molecule is C=C=C=C=C1C(CCCCC)CC(=O)OCCCCCCCCC(CN(C)C(C)C)CCCCCCCCOC(=O)CC1CCCCC. The Morgan fingerprint density at radius 1 is 0.708 bits per heavy atom. The molecule has 0 aromatic carbocycles. The molecule has 0 aromatic rings. The maximum Gasteiger partial charge on any atom is 0.306 e.